The number of nitrogens with zero attached hydrogens (tertiary/aromatic N) is 2. The predicted octanol–water partition coefficient (Wildman–Crippen LogP) is 1.66. The van der Waals surface area contributed by atoms with E-state index in [2.05, 4.69) is 21.1 Å². The fourth-order valence-corrected chi connectivity index (χ4v) is 2.93. The summed E-state index contributed by atoms with van der Waals surface area (Å²) in [5, 5.41) is 3.94. The Bertz CT molecular complexity index is 480. The summed E-state index contributed by atoms with van der Waals surface area (Å²) in [6.07, 6.45) is 9.64. The molecular formula is C13H14ClN3. The van der Waals surface area contributed by atoms with E-state index in [4.69, 9.17) is 18.0 Å². The molecule has 0 saturated carbocycles. The first kappa shape index (κ1) is 10.9. The Kier molecular flexibility index (Phi) is 2.70. The van der Waals surface area contributed by atoms with Crippen LogP contribution in [0.1, 0.15) is 18.4 Å². The van der Waals surface area contributed by atoms with Crippen molar-refractivity contribution in [3.8, 4) is 12.3 Å². The van der Waals surface area contributed by atoms with E-state index >= 15 is 0 Å². The summed E-state index contributed by atoms with van der Waals surface area (Å²) in [7, 11) is 0. The smallest absolute Gasteiger partial charge is 0.144 e. The molecule has 2 fully saturated rings. The van der Waals surface area contributed by atoms with Gasteiger partial charge >= 0.3 is 0 Å². The van der Waals surface area contributed by atoms with Gasteiger partial charge in [-0.05, 0) is 18.9 Å². The number of pyridine rings is 1. The van der Waals surface area contributed by atoms with Crippen molar-refractivity contribution in [1.82, 2.24) is 10.3 Å². The summed E-state index contributed by atoms with van der Waals surface area (Å²) in [4.78, 5) is 6.56. The zero-order valence-electron chi connectivity index (χ0n) is 9.49. The highest BCUT2D eigenvalue weighted by Gasteiger charge is 2.33. The minimum atomic E-state index is 0.413. The Morgan fingerprint density at radius 1 is 1.59 bits per heavy atom. The monoisotopic (exact) mass is 247 g/mol. The van der Waals surface area contributed by atoms with E-state index in [0.29, 0.717) is 22.8 Å². The van der Waals surface area contributed by atoms with E-state index in [9.17, 15) is 0 Å². The van der Waals surface area contributed by atoms with Gasteiger partial charge in [-0.3, -0.25) is 0 Å². The van der Waals surface area contributed by atoms with Gasteiger partial charge in [-0.15, -0.1) is 6.42 Å². The molecule has 3 heterocycles. The average Bonchev–Trinajstić information content (AvgIpc) is 2.73. The van der Waals surface area contributed by atoms with Crippen LogP contribution in [0, 0.1) is 12.3 Å². The van der Waals surface area contributed by atoms with Crippen molar-refractivity contribution in [1.29, 1.82) is 0 Å². The van der Waals surface area contributed by atoms with E-state index in [1.807, 2.05) is 12.3 Å². The molecule has 0 unspecified atom stereocenters. The Morgan fingerprint density at radius 3 is 3.29 bits per heavy atom. The minimum absolute atomic E-state index is 0.413. The number of anilines is 1. The lowest BCUT2D eigenvalue weighted by atomic mass is 10.0. The zero-order chi connectivity index (χ0) is 11.8. The minimum Gasteiger partial charge on any atom is -0.366 e. The topological polar surface area (TPSA) is 28.2 Å². The number of hydrogen-bond donors (Lipinski definition) is 1. The molecule has 2 saturated heterocycles. The van der Waals surface area contributed by atoms with Gasteiger partial charge in [0.2, 0.25) is 0 Å². The van der Waals surface area contributed by atoms with Crippen molar-refractivity contribution in [2.45, 2.75) is 24.9 Å². The highest BCUT2D eigenvalue weighted by atomic mass is 35.5. The van der Waals surface area contributed by atoms with Crippen LogP contribution in [-0.4, -0.2) is 30.2 Å². The summed E-state index contributed by atoms with van der Waals surface area (Å²) in [5.41, 5.74) is 1.77. The number of terminal acetylenes is 1. The first-order chi connectivity index (χ1) is 8.28. The second-order valence-electron chi connectivity index (χ2n) is 4.65. The fourth-order valence-electron chi connectivity index (χ4n) is 2.77. The molecular weight excluding hydrogens is 234 g/mol. The summed E-state index contributed by atoms with van der Waals surface area (Å²) < 4.78 is 0. The van der Waals surface area contributed by atoms with Crippen LogP contribution in [0.5, 0.6) is 0 Å². The second kappa shape index (κ2) is 4.21. The average molecular weight is 248 g/mol. The number of nitrogens with one attached hydrogen (secondary N) is 1. The van der Waals surface area contributed by atoms with Gasteiger partial charge in [0.15, 0.2) is 0 Å². The summed E-state index contributed by atoms with van der Waals surface area (Å²) >= 11 is 5.93. The number of hydrogen-bond acceptors (Lipinski definition) is 3. The van der Waals surface area contributed by atoms with E-state index < -0.39 is 0 Å². The molecule has 0 radical (unpaired) electrons. The van der Waals surface area contributed by atoms with E-state index in [1.165, 1.54) is 12.8 Å². The molecule has 2 bridgehead atoms. The maximum absolute atomic E-state index is 5.93. The number of rotatable bonds is 1. The maximum atomic E-state index is 5.93. The van der Waals surface area contributed by atoms with Crippen molar-refractivity contribution in [2.24, 2.45) is 0 Å². The summed E-state index contributed by atoms with van der Waals surface area (Å²) in [5.74, 6) is 2.58. The van der Waals surface area contributed by atoms with Gasteiger partial charge in [0.1, 0.15) is 5.15 Å². The Balaban J connectivity index is 1.91. The van der Waals surface area contributed by atoms with Gasteiger partial charge in [0.25, 0.3) is 0 Å². The molecule has 17 heavy (non-hydrogen) atoms. The lowest BCUT2D eigenvalue weighted by Gasteiger charge is -2.34. The molecule has 0 aromatic carbocycles. The van der Waals surface area contributed by atoms with Crippen LogP contribution in [0.2, 0.25) is 5.15 Å². The summed E-state index contributed by atoms with van der Waals surface area (Å²) in [6.45, 7) is 2.12. The van der Waals surface area contributed by atoms with Crippen molar-refractivity contribution in [3.05, 3.63) is 23.0 Å². The number of halogens is 1. The largest absolute Gasteiger partial charge is 0.366 e. The van der Waals surface area contributed by atoms with Crippen molar-refractivity contribution >= 4 is 17.3 Å². The lowest BCUT2D eigenvalue weighted by Crippen LogP contribution is -2.40. The molecule has 2 aliphatic heterocycles. The van der Waals surface area contributed by atoms with Gasteiger partial charge in [-0.2, -0.15) is 0 Å². The molecule has 88 valence electrons. The lowest BCUT2D eigenvalue weighted by molar-refractivity contribution is 0.490. The van der Waals surface area contributed by atoms with Crippen molar-refractivity contribution in [2.75, 3.05) is 18.0 Å². The van der Waals surface area contributed by atoms with Crippen LogP contribution >= 0.6 is 11.6 Å². The quantitative estimate of drug-likeness (QED) is 0.604. The third kappa shape index (κ3) is 1.88. The van der Waals surface area contributed by atoms with Gasteiger partial charge in [0.05, 0.1) is 17.4 Å². The van der Waals surface area contributed by atoms with Crippen LogP contribution in [-0.2, 0) is 0 Å². The van der Waals surface area contributed by atoms with E-state index in [0.717, 1.165) is 18.8 Å². The summed E-state index contributed by atoms with van der Waals surface area (Å²) in [6, 6.07) is 3.24. The maximum Gasteiger partial charge on any atom is 0.144 e. The highest BCUT2D eigenvalue weighted by molar-refractivity contribution is 6.30. The molecule has 2 aliphatic rings. The second-order valence-corrected chi connectivity index (χ2v) is 5.01. The SMILES string of the molecule is C#Cc1cc(N2CC[C@@H]3C[C@H]2CN3)cnc1Cl. The van der Waals surface area contributed by atoms with Gasteiger partial charge < -0.3 is 10.2 Å². The molecule has 1 aromatic rings. The molecule has 0 aliphatic carbocycles. The number of piperidine rings is 1. The number of aromatic nitrogens is 1. The van der Waals surface area contributed by atoms with Gasteiger partial charge in [-0.25, -0.2) is 4.98 Å². The Hall–Kier alpha value is -1.24. The van der Waals surface area contributed by atoms with Crippen LogP contribution < -0.4 is 10.2 Å². The number of fused-ring (bicyclic) bond motifs is 2. The normalized spacial score (nSPS) is 26.9. The first-order valence-electron chi connectivity index (χ1n) is 5.90. The Morgan fingerprint density at radius 2 is 2.47 bits per heavy atom. The van der Waals surface area contributed by atoms with Crippen LogP contribution in [0.3, 0.4) is 0 Å². The van der Waals surface area contributed by atoms with Crippen molar-refractivity contribution in [3.63, 3.8) is 0 Å². The Labute approximate surface area is 106 Å². The third-order valence-electron chi connectivity index (χ3n) is 3.67. The first-order valence-corrected chi connectivity index (χ1v) is 6.28. The van der Waals surface area contributed by atoms with Crippen LogP contribution in [0.15, 0.2) is 12.3 Å². The molecule has 3 rings (SSSR count). The van der Waals surface area contributed by atoms with E-state index in [-0.39, 0.29) is 0 Å². The molecule has 1 N–H and O–H groups in total. The fraction of sp³-hybridized carbons (Fsp3) is 0.462. The van der Waals surface area contributed by atoms with E-state index in [1.54, 1.807) is 0 Å². The standard InChI is InChI=1S/C13H14ClN3/c1-2-9-5-11(8-16-13(9)14)17-4-3-10-6-12(17)7-15-10/h1,5,8,10,12,15H,3-4,6-7H2/t10-,12+/m1/s1. The van der Waals surface area contributed by atoms with Gasteiger partial charge in [-0.1, -0.05) is 17.5 Å². The molecule has 3 nitrogen and oxygen atoms in total. The predicted molar refractivity (Wildman–Crippen MR) is 69.3 cm³/mol. The van der Waals surface area contributed by atoms with Crippen molar-refractivity contribution < 1.29 is 0 Å². The highest BCUT2D eigenvalue weighted by Crippen LogP contribution is 2.29. The van der Waals surface area contributed by atoms with Crippen LogP contribution in [0.4, 0.5) is 5.69 Å². The molecule has 2 atom stereocenters. The molecule has 1 aromatic heterocycles. The molecule has 4 heteroatoms. The van der Waals surface area contributed by atoms with Crippen LogP contribution in [0.25, 0.3) is 0 Å². The third-order valence-corrected chi connectivity index (χ3v) is 3.97. The zero-order valence-corrected chi connectivity index (χ0v) is 10.2. The molecule has 0 spiro atoms. The molecule has 0 amide bonds. The van der Waals surface area contributed by atoms with Gasteiger partial charge in [0, 0.05) is 25.2 Å².